The molecule has 10 heteroatoms. The van der Waals surface area contributed by atoms with Crippen molar-refractivity contribution < 1.29 is 13.9 Å². The van der Waals surface area contributed by atoms with E-state index in [4.69, 9.17) is 19.1 Å². The summed E-state index contributed by atoms with van der Waals surface area (Å²) in [4.78, 5) is 27.5. The Hall–Kier alpha value is -4.18. The first-order chi connectivity index (χ1) is 18.7. The van der Waals surface area contributed by atoms with Gasteiger partial charge in [0.2, 0.25) is 0 Å². The van der Waals surface area contributed by atoms with Gasteiger partial charge in [0.1, 0.15) is 6.17 Å². The Morgan fingerprint density at radius 3 is 2.66 bits per heavy atom. The number of aliphatic imine (C=N–C) groups is 3. The number of Topliss-reactive ketones (excluding diaryl/α,β-unsaturated/α-hetero) is 1. The standard InChI is InChI=1S/C28H29N7O3/c1-37-15-14-29-26-23(31-24(32-26)18-11-7-12-18)27-34-35-28(38-27)33-25-21(36)16-19-10-5-6-13-20(19)22(30-25)17-8-3-2-4-9-17/h2-6,8-10,13,18,24-25H,7,11-12,14-16H2,1H3,(H,29,32)(H,33,35)/t24?,25-/m1/s1. The number of carbonyl (C=O) groups excluding carboxylic acids is 1. The van der Waals surface area contributed by atoms with E-state index >= 15 is 0 Å². The largest absolute Gasteiger partial charge is 0.401 e. The van der Waals surface area contributed by atoms with Crippen LogP contribution in [0.25, 0.3) is 0 Å². The topological polar surface area (TPSA) is 126 Å². The normalized spacial score (nSPS) is 22.2. The second-order valence-corrected chi connectivity index (χ2v) is 9.58. The molecule has 38 heavy (non-hydrogen) atoms. The lowest BCUT2D eigenvalue weighted by molar-refractivity contribution is -0.119. The van der Waals surface area contributed by atoms with Crippen molar-refractivity contribution in [1.29, 1.82) is 0 Å². The van der Waals surface area contributed by atoms with Crippen molar-refractivity contribution in [3.63, 3.8) is 0 Å². The van der Waals surface area contributed by atoms with Gasteiger partial charge in [-0.15, -0.1) is 5.10 Å². The van der Waals surface area contributed by atoms with Crippen LogP contribution in [0.15, 0.2) is 74.0 Å². The summed E-state index contributed by atoms with van der Waals surface area (Å²) in [6, 6.07) is 17.8. The van der Waals surface area contributed by atoms with Crippen LogP contribution in [-0.2, 0) is 16.0 Å². The van der Waals surface area contributed by atoms with Crippen LogP contribution in [-0.4, -0.2) is 65.8 Å². The van der Waals surface area contributed by atoms with Crippen molar-refractivity contribution >= 4 is 29.1 Å². The average Bonchev–Trinajstić information content (AvgIpc) is 3.50. The second kappa shape index (κ2) is 10.7. The first-order valence-corrected chi connectivity index (χ1v) is 12.9. The molecule has 2 aliphatic heterocycles. The smallest absolute Gasteiger partial charge is 0.317 e. The molecular weight excluding hydrogens is 482 g/mol. The number of carbonyl (C=O) groups is 1. The van der Waals surface area contributed by atoms with Crippen LogP contribution in [0, 0.1) is 5.92 Å². The van der Waals surface area contributed by atoms with Gasteiger partial charge in [-0.05, 0) is 24.3 Å². The van der Waals surface area contributed by atoms with Crippen molar-refractivity contribution in [1.82, 2.24) is 15.5 Å². The lowest BCUT2D eigenvalue weighted by atomic mass is 9.83. The first-order valence-electron chi connectivity index (χ1n) is 12.9. The predicted molar refractivity (Wildman–Crippen MR) is 144 cm³/mol. The third-order valence-electron chi connectivity index (χ3n) is 7.07. The number of amidine groups is 1. The van der Waals surface area contributed by atoms with Crippen LogP contribution in [0.3, 0.4) is 0 Å². The second-order valence-electron chi connectivity index (χ2n) is 9.58. The maximum absolute atomic E-state index is 13.3. The summed E-state index contributed by atoms with van der Waals surface area (Å²) in [5.41, 5.74) is 4.07. The van der Waals surface area contributed by atoms with Gasteiger partial charge in [0.15, 0.2) is 23.5 Å². The number of ketones is 1. The fourth-order valence-electron chi connectivity index (χ4n) is 4.84. The number of hydrogen-bond acceptors (Lipinski definition) is 9. The molecule has 0 spiro atoms. The molecule has 194 valence electrons. The number of ether oxygens (including phenoxy) is 1. The predicted octanol–water partition coefficient (Wildman–Crippen LogP) is 3.03. The lowest BCUT2D eigenvalue weighted by Crippen LogP contribution is -2.38. The van der Waals surface area contributed by atoms with Crippen molar-refractivity contribution in [3.8, 4) is 0 Å². The Kier molecular flexibility index (Phi) is 6.78. The van der Waals surface area contributed by atoms with E-state index in [0.717, 1.165) is 35.2 Å². The molecule has 1 saturated carbocycles. The third kappa shape index (κ3) is 4.87. The van der Waals surface area contributed by atoms with E-state index in [9.17, 15) is 4.79 Å². The molecule has 0 saturated heterocycles. The van der Waals surface area contributed by atoms with Crippen LogP contribution >= 0.6 is 0 Å². The molecule has 6 rings (SSSR count). The number of methoxy groups -OCH3 is 1. The molecule has 1 fully saturated rings. The minimum Gasteiger partial charge on any atom is -0.401 e. The molecule has 1 aromatic heterocycles. The number of nitrogens with zero attached hydrogens (tertiary/aromatic N) is 5. The third-order valence-corrected chi connectivity index (χ3v) is 7.07. The molecule has 3 aliphatic rings. The summed E-state index contributed by atoms with van der Waals surface area (Å²) >= 11 is 0. The van der Waals surface area contributed by atoms with Gasteiger partial charge < -0.3 is 19.8 Å². The van der Waals surface area contributed by atoms with Crippen molar-refractivity contribution in [2.24, 2.45) is 20.9 Å². The highest BCUT2D eigenvalue weighted by molar-refractivity contribution is 6.47. The summed E-state index contributed by atoms with van der Waals surface area (Å²) in [7, 11) is 1.64. The molecule has 0 radical (unpaired) electrons. The van der Waals surface area contributed by atoms with Crippen LogP contribution in [0.2, 0.25) is 0 Å². The fraction of sp³-hybridized carbons (Fsp3) is 0.357. The molecule has 0 amide bonds. The Balaban J connectivity index is 1.28. The maximum atomic E-state index is 13.3. The van der Waals surface area contributed by atoms with Crippen molar-refractivity contribution in [2.75, 3.05) is 25.6 Å². The molecule has 2 aromatic carbocycles. The van der Waals surface area contributed by atoms with Crippen LogP contribution < -0.4 is 10.6 Å². The number of benzene rings is 2. The number of aromatic nitrogens is 2. The van der Waals surface area contributed by atoms with E-state index in [0.29, 0.717) is 30.6 Å². The number of anilines is 1. The average molecular weight is 512 g/mol. The van der Waals surface area contributed by atoms with Crippen LogP contribution in [0.4, 0.5) is 6.01 Å². The molecule has 1 unspecified atom stereocenters. The first kappa shape index (κ1) is 24.2. The fourth-order valence-corrected chi connectivity index (χ4v) is 4.84. The van der Waals surface area contributed by atoms with Gasteiger partial charge in [-0.2, -0.15) is 0 Å². The quantitative estimate of drug-likeness (QED) is 0.445. The van der Waals surface area contributed by atoms with Gasteiger partial charge in [0.05, 0.1) is 18.9 Å². The molecular formula is C28H29N7O3. The van der Waals surface area contributed by atoms with Gasteiger partial charge in [-0.3, -0.25) is 19.8 Å². The summed E-state index contributed by atoms with van der Waals surface area (Å²) in [6.45, 7) is 0.986. The van der Waals surface area contributed by atoms with E-state index in [1.165, 1.54) is 6.42 Å². The molecule has 10 nitrogen and oxygen atoms in total. The SMILES string of the molecule is COCCN=C1NC(C2CCC2)N=C1c1nnc(N[C@H]2N=C(c3ccccc3)c3ccccc3CC2=O)o1. The molecule has 2 atom stereocenters. The number of rotatable bonds is 8. The number of hydrogen-bond donors (Lipinski definition) is 2. The van der Waals surface area contributed by atoms with Crippen molar-refractivity contribution in [2.45, 2.75) is 38.0 Å². The van der Waals surface area contributed by atoms with E-state index in [-0.39, 0.29) is 30.3 Å². The zero-order valence-corrected chi connectivity index (χ0v) is 21.1. The number of nitrogens with one attached hydrogen (secondary N) is 2. The van der Waals surface area contributed by atoms with Crippen molar-refractivity contribution in [3.05, 3.63) is 77.2 Å². The highest BCUT2D eigenvalue weighted by Gasteiger charge is 2.36. The molecule has 0 bridgehead atoms. The summed E-state index contributed by atoms with van der Waals surface area (Å²) in [6.07, 6.45) is 2.78. The Labute approximate surface area is 220 Å². The Bertz CT molecular complexity index is 1410. The highest BCUT2D eigenvalue weighted by Crippen LogP contribution is 2.32. The molecule has 3 heterocycles. The van der Waals surface area contributed by atoms with E-state index < -0.39 is 6.17 Å². The van der Waals surface area contributed by atoms with Gasteiger partial charge in [-0.1, -0.05) is 66.1 Å². The van der Waals surface area contributed by atoms with E-state index in [2.05, 4.69) is 25.8 Å². The van der Waals surface area contributed by atoms with Crippen LogP contribution in [0.5, 0.6) is 0 Å². The number of fused-ring (bicyclic) bond motifs is 1. The zero-order valence-electron chi connectivity index (χ0n) is 21.1. The molecule has 1 aliphatic carbocycles. The Morgan fingerprint density at radius 2 is 1.87 bits per heavy atom. The molecule has 2 N–H and O–H groups in total. The van der Waals surface area contributed by atoms with Gasteiger partial charge in [-0.25, -0.2) is 0 Å². The maximum Gasteiger partial charge on any atom is 0.317 e. The zero-order chi connectivity index (χ0) is 25.9. The summed E-state index contributed by atoms with van der Waals surface area (Å²) in [5.74, 6) is 1.25. The monoisotopic (exact) mass is 511 g/mol. The minimum absolute atomic E-state index is 0.0525. The van der Waals surface area contributed by atoms with Crippen LogP contribution in [0.1, 0.15) is 41.8 Å². The van der Waals surface area contributed by atoms with Gasteiger partial charge >= 0.3 is 6.01 Å². The summed E-state index contributed by atoms with van der Waals surface area (Å²) in [5, 5.41) is 14.9. The van der Waals surface area contributed by atoms with E-state index in [1.807, 2.05) is 54.6 Å². The van der Waals surface area contributed by atoms with E-state index in [1.54, 1.807) is 7.11 Å². The Morgan fingerprint density at radius 1 is 1.05 bits per heavy atom. The van der Waals surface area contributed by atoms with Gasteiger partial charge in [0, 0.05) is 24.7 Å². The van der Waals surface area contributed by atoms with Gasteiger partial charge in [0.25, 0.3) is 5.89 Å². The summed E-state index contributed by atoms with van der Waals surface area (Å²) < 4.78 is 11.1. The molecule has 3 aromatic rings. The minimum atomic E-state index is -0.882. The highest BCUT2D eigenvalue weighted by atomic mass is 16.5. The lowest BCUT2D eigenvalue weighted by Gasteiger charge is -2.29.